The maximum atomic E-state index is 13.8. The van der Waals surface area contributed by atoms with Crippen LogP contribution < -0.4 is 4.74 Å². The van der Waals surface area contributed by atoms with Gasteiger partial charge in [-0.2, -0.15) is 0 Å². The highest BCUT2D eigenvalue weighted by Crippen LogP contribution is 2.39. The number of esters is 2. The van der Waals surface area contributed by atoms with Crippen molar-refractivity contribution in [3.8, 4) is 5.75 Å². The van der Waals surface area contributed by atoms with E-state index in [-0.39, 0.29) is 31.6 Å². The number of aliphatic hydroxyl groups is 4. The van der Waals surface area contributed by atoms with Crippen LogP contribution in [0, 0.1) is 23.7 Å². The highest BCUT2D eigenvalue weighted by Gasteiger charge is 2.52. The van der Waals surface area contributed by atoms with Crippen molar-refractivity contribution in [3.63, 3.8) is 0 Å². The van der Waals surface area contributed by atoms with Crippen LogP contribution in [0.25, 0.3) is 0 Å². The van der Waals surface area contributed by atoms with Crippen LogP contribution in [0.15, 0.2) is 35.5 Å². The predicted molar refractivity (Wildman–Crippen MR) is 202 cm³/mol. The number of para-hydroxylation sites is 1. The van der Waals surface area contributed by atoms with E-state index < -0.39 is 83.6 Å². The van der Waals surface area contributed by atoms with E-state index in [2.05, 4.69) is 5.16 Å². The molecule has 4 N–H and O–H groups in total. The lowest BCUT2D eigenvalue weighted by Crippen LogP contribution is -2.60. The number of nitrogens with zero attached hydrogens (tertiary/aromatic N) is 2. The number of hydrogen-bond acceptors (Lipinski definition) is 14. The maximum Gasteiger partial charge on any atom is 0.312 e. The van der Waals surface area contributed by atoms with Crippen LogP contribution in [0.1, 0.15) is 88.0 Å². The molecule has 0 amide bonds. The van der Waals surface area contributed by atoms with Crippen LogP contribution >= 0.6 is 0 Å². The van der Waals surface area contributed by atoms with Gasteiger partial charge in [0.05, 0.1) is 42.1 Å². The molecule has 14 heteroatoms. The molecule has 2 saturated heterocycles. The summed E-state index contributed by atoms with van der Waals surface area (Å²) in [5.41, 5.74) is -3.34. The first-order chi connectivity index (χ1) is 25.2. The Balaban J connectivity index is 2.07. The molecule has 3 rings (SSSR count). The molecule has 1 aromatic carbocycles. The zero-order valence-electron chi connectivity index (χ0n) is 34.0. The summed E-state index contributed by atoms with van der Waals surface area (Å²) in [7, 11) is 3.70. The molecule has 14 nitrogen and oxygen atoms in total. The quantitative estimate of drug-likeness (QED) is 0.145. The highest BCUT2D eigenvalue weighted by molar-refractivity contribution is 5.88. The third kappa shape index (κ3) is 11.6. The standard InChI is InChI=1S/C40H66N2O12/c1-12-31-40(9,48)35(45)25(4)32(41-50-20-16-19-49-29-17-14-13-15-18-29)23(2)22-39(8,47)36(26(5)34(52-28(7)43)27(6)37(46)53-31)54-38-33(44)30(42(10)11)21-24(3)51-38/h13-15,17-18,23-27,30-31,33-36,38,44-45,47-48H,12,16,19-22H2,1-11H3/b41-32+/t23-,24-,25+,26+,27-,30+,31-,33-,34+,35-,36-,38+,39?,40-/m1/s1. The number of oxime groups is 1. The molecule has 54 heavy (non-hydrogen) atoms. The Morgan fingerprint density at radius 3 is 2.26 bits per heavy atom. The van der Waals surface area contributed by atoms with Crippen molar-refractivity contribution in [1.82, 2.24) is 4.90 Å². The second-order valence-corrected chi connectivity index (χ2v) is 16.0. The zero-order chi connectivity index (χ0) is 40.5. The van der Waals surface area contributed by atoms with Gasteiger partial charge in [-0.15, -0.1) is 0 Å². The normalized spacial score (nSPS) is 39.4. The minimum absolute atomic E-state index is 0.0151. The summed E-state index contributed by atoms with van der Waals surface area (Å²) in [6.45, 7) is 15.1. The summed E-state index contributed by atoms with van der Waals surface area (Å²) in [5, 5.41) is 52.0. The molecule has 0 bridgehead atoms. The lowest BCUT2D eigenvalue weighted by molar-refractivity contribution is -0.299. The van der Waals surface area contributed by atoms with E-state index in [0.29, 0.717) is 25.2 Å². The first-order valence-corrected chi connectivity index (χ1v) is 19.3. The Kier molecular flexibility index (Phi) is 16.7. The minimum Gasteiger partial charge on any atom is -0.493 e. The predicted octanol–water partition coefficient (Wildman–Crippen LogP) is 3.70. The summed E-state index contributed by atoms with van der Waals surface area (Å²) >= 11 is 0. The van der Waals surface area contributed by atoms with Gasteiger partial charge in [0.2, 0.25) is 0 Å². The third-order valence-corrected chi connectivity index (χ3v) is 10.9. The number of likely N-dealkylation sites (N-methyl/N-ethyl adjacent to an activating group) is 1. The fourth-order valence-electron chi connectivity index (χ4n) is 7.93. The highest BCUT2D eigenvalue weighted by atomic mass is 16.7. The summed E-state index contributed by atoms with van der Waals surface area (Å²) in [6, 6.07) is 9.06. The number of carbonyl (C=O) groups is 2. The molecule has 0 aromatic heterocycles. The van der Waals surface area contributed by atoms with Crippen LogP contribution in [0.4, 0.5) is 0 Å². The first-order valence-electron chi connectivity index (χ1n) is 19.3. The van der Waals surface area contributed by atoms with Crippen LogP contribution in [0.2, 0.25) is 0 Å². The molecule has 308 valence electrons. The van der Waals surface area contributed by atoms with Crippen molar-refractivity contribution in [2.75, 3.05) is 27.3 Å². The van der Waals surface area contributed by atoms with Gasteiger partial charge in [0.25, 0.3) is 0 Å². The monoisotopic (exact) mass is 766 g/mol. The summed E-state index contributed by atoms with van der Waals surface area (Å²) in [6.07, 6.45) is -6.38. The Labute approximate surface area is 321 Å². The van der Waals surface area contributed by atoms with E-state index in [1.807, 2.05) is 63.2 Å². The molecule has 2 fully saturated rings. The van der Waals surface area contributed by atoms with Gasteiger partial charge in [0.15, 0.2) is 6.29 Å². The summed E-state index contributed by atoms with van der Waals surface area (Å²) in [4.78, 5) is 34.0. The number of ether oxygens (including phenoxy) is 5. The average Bonchev–Trinajstić information content (AvgIpc) is 3.10. The van der Waals surface area contributed by atoms with Gasteiger partial charge in [-0.05, 0) is 73.2 Å². The molecule has 0 saturated carbocycles. The number of rotatable bonds is 11. The molecule has 2 aliphatic rings. The van der Waals surface area contributed by atoms with E-state index in [0.717, 1.165) is 5.75 Å². The van der Waals surface area contributed by atoms with Crippen molar-refractivity contribution >= 4 is 17.7 Å². The number of aliphatic hydroxyl groups excluding tert-OH is 2. The first kappa shape index (κ1) is 45.5. The fraction of sp³-hybridized carbons (Fsp3) is 0.775. The van der Waals surface area contributed by atoms with E-state index >= 15 is 0 Å². The molecule has 2 heterocycles. The van der Waals surface area contributed by atoms with E-state index in [1.165, 1.54) is 20.8 Å². The molecule has 0 spiro atoms. The van der Waals surface area contributed by atoms with E-state index in [9.17, 15) is 30.0 Å². The van der Waals surface area contributed by atoms with Crippen molar-refractivity contribution in [1.29, 1.82) is 0 Å². The van der Waals surface area contributed by atoms with Gasteiger partial charge in [0, 0.05) is 37.1 Å². The van der Waals surface area contributed by atoms with E-state index in [1.54, 1.807) is 27.7 Å². The minimum atomic E-state index is -1.94. The van der Waals surface area contributed by atoms with Gasteiger partial charge in [-0.25, -0.2) is 0 Å². The Hall–Kier alpha value is -2.85. The number of benzene rings is 1. The maximum absolute atomic E-state index is 13.8. The molecule has 1 aromatic rings. The number of cyclic esters (lactones) is 1. The molecule has 1 unspecified atom stereocenters. The lowest BCUT2D eigenvalue weighted by atomic mass is 9.73. The van der Waals surface area contributed by atoms with Crippen molar-refractivity contribution in [2.45, 2.75) is 148 Å². The van der Waals surface area contributed by atoms with Gasteiger partial charge in [0.1, 0.15) is 36.3 Å². The Bertz CT molecular complexity index is 1360. The molecule has 14 atom stereocenters. The smallest absolute Gasteiger partial charge is 0.312 e. The van der Waals surface area contributed by atoms with Crippen LogP contribution in [-0.2, 0) is 33.4 Å². The lowest BCUT2D eigenvalue weighted by Gasteiger charge is -2.47. The largest absolute Gasteiger partial charge is 0.493 e. The van der Waals surface area contributed by atoms with Crippen molar-refractivity contribution in [2.24, 2.45) is 28.8 Å². The second kappa shape index (κ2) is 19.8. The zero-order valence-corrected chi connectivity index (χ0v) is 34.0. The van der Waals surface area contributed by atoms with Crippen LogP contribution in [0.5, 0.6) is 5.75 Å². The third-order valence-electron chi connectivity index (χ3n) is 10.9. The van der Waals surface area contributed by atoms with E-state index in [4.69, 9.17) is 28.5 Å². The number of hydrogen-bond donors (Lipinski definition) is 4. The second-order valence-electron chi connectivity index (χ2n) is 16.0. The van der Waals surface area contributed by atoms with Crippen LogP contribution in [-0.4, -0.2) is 130 Å². The Morgan fingerprint density at radius 2 is 1.67 bits per heavy atom. The molecule has 2 aliphatic heterocycles. The average molecular weight is 767 g/mol. The molecular weight excluding hydrogens is 700 g/mol. The SMILES string of the molecule is CC[C@H]1OC(=O)[C@H](C)[C@@H](OC(C)=O)[C@H](C)[C@@H](O[C@@H]2O[C@H](C)C[C@H](N(C)C)[C@H]2O)C(C)(O)C[C@@H](C)/C(=N\OCCCOc2ccccc2)[C@H](C)[C@@H](O)[C@]1(C)O. The summed E-state index contributed by atoms with van der Waals surface area (Å²) in [5.74, 6) is -4.10. The van der Waals surface area contributed by atoms with Crippen LogP contribution in [0.3, 0.4) is 0 Å². The molecule has 0 aliphatic carbocycles. The van der Waals surface area contributed by atoms with Crippen molar-refractivity contribution in [3.05, 3.63) is 30.3 Å². The topological polar surface area (TPSA) is 186 Å². The van der Waals surface area contributed by atoms with Gasteiger partial charge < -0.3 is 53.8 Å². The fourth-order valence-corrected chi connectivity index (χ4v) is 7.93. The van der Waals surface area contributed by atoms with Gasteiger partial charge >= 0.3 is 11.9 Å². The summed E-state index contributed by atoms with van der Waals surface area (Å²) < 4.78 is 30.1. The van der Waals surface area contributed by atoms with Gasteiger partial charge in [-0.3, -0.25) is 9.59 Å². The van der Waals surface area contributed by atoms with Gasteiger partial charge in [-0.1, -0.05) is 51.0 Å². The van der Waals surface area contributed by atoms with Crippen molar-refractivity contribution < 1.29 is 58.5 Å². The molecular formula is C40H66N2O12. The number of carbonyl (C=O) groups excluding carboxylic acids is 2. The Morgan fingerprint density at radius 1 is 1.02 bits per heavy atom. The molecule has 0 radical (unpaired) electrons.